The third kappa shape index (κ3) is 6.77. The lowest BCUT2D eigenvalue weighted by molar-refractivity contribution is -0.136. The number of rotatable bonds is 8. The van der Waals surface area contributed by atoms with Crippen LogP contribution in [0.15, 0.2) is 91.1 Å². The number of nitrogens with zero attached hydrogens (tertiary/aromatic N) is 4. The fourth-order valence-electron chi connectivity index (χ4n) is 8.73. The van der Waals surface area contributed by atoms with Crippen LogP contribution in [0.2, 0.25) is 0 Å². The zero-order valence-electron chi connectivity index (χ0n) is 32.4. The summed E-state index contributed by atoms with van der Waals surface area (Å²) in [5.74, 6) is -2.89. The van der Waals surface area contributed by atoms with E-state index in [1.807, 2.05) is 41.4 Å². The van der Waals surface area contributed by atoms with Crippen LogP contribution in [-0.4, -0.2) is 68.4 Å². The summed E-state index contributed by atoms with van der Waals surface area (Å²) < 4.78 is 34.4. The van der Waals surface area contributed by atoms with Crippen LogP contribution >= 0.6 is 0 Å². The molecule has 6 aromatic rings. The molecule has 3 N–H and O–H groups in total. The number of anilines is 1. The first kappa shape index (κ1) is 37.2. The van der Waals surface area contributed by atoms with Crippen LogP contribution in [0.5, 0.6) is 0 Å². The molecule has 2 aromatic heterocycles. The lowest BCUT2D eigenvalue weighted by Crippen LogP contribution is -2.51. The number of alkyl carbamates (subject to hydrolysis) is 1. The van der Waals surface area contributed by atoms with Gasteiger partial charge in [-0.05, 0) is 69.8 Å². The second-order valence-electron chi connectivity index (χ2n) is 15.9. The highest BCUT2D eigenvalue weighted by Gasteiger charge is 2.50. The number of para-hydroxylation sites is 1. The normalized spacial score (nSPS) is 19.0. The molecule has 0 aliphatic carbocycles. The molecule has 13 heteroatoms. The Labute approximate surface area is 333 Å². The fraction of sp³-hybridized carbons (Fsp3) is 0.311. The van der Waals surface area contributed by atoms with Gasteiger partial charge in [0.1, 0.15) is 17.7 Å². The number of alkyl halides is 2. The number of ether oxygens (including phenoxy) is 1. The van der Waals surface area contributed by atoms with Crippen LogP contribution in [-0.2, 0) is 27.2 Å². The Kier molecular flexibility index (Phi) is 9.33. The molecule has 4 aromatic carbocycles. The van der Waals surface area contributed by atoms with Crippen LogP contribution in [0, 0.1) is 5.92 Å². The molecule has 9 rings (SSSR count). The smallest absolute Gasteiger partial charge is 0.407 e. The number of amides is 3. The van der Waals surface area contributed by atoms with Crippen molar-refractivity contribution in [2.45, 2.75) is 70.0 Å². The molecule has 3 atom stereocenters. The van der Waals surface area contributed by atoms with Crippen molar-refractivity contribution in [3.05, 3.63) is 114 Å². The third-order valence-corrected chi connectivity index (χ3v) is 11.7. The van der Waals surface area contributed by atoms with Crippen LogP contribution in [0.1, 0.15) is 68.0 Å². The van der Waals surface area contributed by atoms with Gasteiger partial charge in [0.2, 0.25) is 11.8 Å². The van der Waals surface area contributed by atoms with Gasteiger partial charge in [-0.2, -0.15) is 0 Å². The lowest BCUT2D eigenvalue weighted by atomic mass is 9.99. The Morgan fingerprint density at radius 1 is 0.862 bits per heavy atom. The molecule has 0 bridgehead atoms. The molecule has 3 aliphatic rings. The van der Waals surface area contributed by atoms with Gasteiger partial charge in [0.15, 0.2) is 0 Å². The summed E-state index contributed by atoms with van der Waals surface area (Å²) in [6.07, 6.45) is 3.51. The van der Waals surface area contributed by atoms with Gasteiger partial charge >= 0.3 is 6.09 Å². The van der Waals surface area contributed by atoms with Gasteiger partial charge < -0.3 is 29.8 Å². The predicted molar refractivity (Wildman–Crippen MR) is 216 cm³/mol. The molecule has 0 radical (unpaired) electrons. The number of fused-ring (bicyclic) bond motifs is 1. The number of carbonyl (C=O) groups is 3. The number of methoxy groups -OCH3 is 1. The van der Waals surface area contributed by atoms with E-state index in [-0.39, 0.29) is 23.7 Å². The number of halogens is 2. The molecule has 0 saturated carbocycles. The number of aryl methyl sites for hydroxylation is 1. The van der Waals surface area contributed by atoms with Gasteiger partial charge in [0.25, 0.3) is 5.92 Å². The highest BCUT2D eigenvalue weighted by Crippen LogP contribution is 2.45. The van der Waals surface area contributed by atoms with Crippen molar-refractivity contribution >= 4 is 34.6 Å². The first-order chi connectivity index (χ1) is 28.0. The highest BCUT2D eigenvalue weighted by atomic mass is 19.3. The maximum absolute atomic E-state index is 14.9. The van der Waals surface area contributed by atoms with Gasteiger partial charge in [0, 0.05) is 19.3 Å². The molecule has 3 amide bonds. The van der Waals surface area contributed by atoms with Crippen LogP contribution < -0.4 is 10.2 Å². The van der Waals surface area contributed by atoms with E-state index >= 15 is 0 Å². The average molecular weight is 784 g/mol. The van der Waals surface area contributed by atoms with Crippen molar-refractivity contribution in [1.29, 1.82) is 0 Å². The largest absolute Gasteiger partial charge is 0.453 e. The summed E-state index contributed by atoms with van der Waals surface area (Å²) in [5.41, 5.74) is 10.6. The minimum Gasteiger partial charge on any atom is -0.453 e. The summed E-state index contributed by atoms with van der Waals surface area (Å²) in [5, 5.41) is 2.50. The number of nitrogens with one attached hydrogen (secondary N) is 3. The van der Waals surface area contributed by atoms with Crippen molar-refractivity contribution < 1.29 is 27.9 Å². The third-order valence-electron chi connectivity index (χ3n) is 11.7. The topological polar surface area (TPSA) is 136 Å². The molecule has 5 heterocycles. The second kappa shape index (κ2) is 14.5. The van der Waals surface area contributed by atoms with Gasteiger partial charge in [-0.15, -0.1) is 0 Å². The minimum atomic E-state index is -3.12. The number of hydrogen-bond donors (Lipinski definition) is 3. The van der Waals surface area contributed by atoms with Crippen LogP contribution in [0.25, 0.3) is 44.5 Å². The minimum absolute atomic E-state index is 0.147. The number of aromatic nitrogens is 4. The number of imidazole rings is 2. The summed E-state index contributed by atoms with van der Waals surface area (Å²) >= 11 is 0. The van der Waals surface area contributed by atoms with E-state index in [2.05, 4.69) is 79.6 Å². The van der Waals surface area contributed by atoms with Crippen molar-refractivity contribution in [1.82, 2.24) is 30.2 Å². The van der Waals surface area contributed by atoms with Gasteiger partial charge in [-0.3, -0.25) is 9.59 Å². The number of aromatic amines is 2. The number of H-pyrrole nitrogens is 2. The summed E-state index contributed by atoms with van der Waals surface area (Å²) in [6.45, 7) is 2.69. The Morgan fingerprint density at radius 3 is 2.24 bits per heavy atom. The van der Waals surface area contributed by atoms with Crippen molar-refractivity contribution in [3.8, 4) is 33.5 Å². The second-order valence-corrected chi connectivity index (χ2v) is 15.9. The van der Waals surface area contributed by atoms with E-state index in [0.717, 1.165) is 69.2 Å². The first-order valence-corrected chi connectivity index (χ1v) is 19.7. The molecule has 3 aliphatic heterocycles. The van der Waals surface area contributed by atoms with Crippen molar-refractivity contribution in [3.63, 3.8) is 0 Å². The maximum atomic E-state index is 14.9. The summed E-state index contributed by atoms with van der Waals surface area (Å²) in [4.78, 5) is 57.9. The van der Waals surface area contributed by atoms with Crippen molar-refractivity contribution in [2.75, 3.05) is 18.6 Å². The molecule has 296 valence electrons. The quantitative estimate of drug-likeness (QED) is 0.142. The van der Waals surface area contributed by atoms with E-state index in [4.69, 9.17) is 4.98 Å². The monoisotopic (exact) mass is 783 g/mol. The molecular formula is C45H43F2N7O4. The Bertz CT molecular complexity index is 2550. The highest BCUT2D eigenvalue weighted by molar-refractivity contribution is 5.98. The molecule has 58 heavy (non-hydrogen) atoms. The van der Waals surface area contributed by atoms with Gasteiger partial charge in [-0.25, -0.2) is 23.5 Å². The Balaban J connectivity index is 0.902. The van der Waals surface area contributed by atoms with Gasteiger partial charge in [-0.1, -0.05) is 86.6 Å². The lowest BCUT2D eigenvalue weighted by Gasteiger charge is -2.29. The van der Waals surface area contributed by atoms with Crippen molar-refractivity contribution in [2.24, 2.45) is 5.92 Å². The Morgan fingerprint density at radius 2 is 1.53 bits per heavy atom. The molecule has 1 fully saturated rings. The van der Waals surface area contributed by atoms with E-state index in [9.17, 15) is 23.2 Å². The molecule has 0 spiro atoms. The molecular weight excluding hydrogens is 741 g/mol. The first-order valence-electron chi connectivity index (χ1n) is 19.7. The van der Waals surface area contributed by atoms with Gasteiger partial charge in [0.05, 0.1) is 54.3 Å². The Hall–Kier alpha value is -6.37. The fourth-order valence-corrected chi connectivity index (χ4v) is 8.73. The maximum Gasteiger partial charge on any atom is 0.407 e. The summed E-state index contributed by atoms with van der Waals surface area (Å²) in [7, 11) is 1.18. The zero-order valence-corrected chi connectivity index (χ0v) is 32.4. The number of hydrogen-bond acceptors (Lipinski definition) is 6. The average Bonchev–Trinajstić information content (AvgIpc) is 4.01. The SMILES string of the molecule is COC(=O)N[C@H](C(=O)N1CC(F)(F)C[C@H]1c1nc2ccc(-c3ccc(-c4ccc(-c5cnc([C@@H]6Cc7cccc8c7N6C(=O)CCC8)[nH]5)cc4)cc3)cc2[nH]1)C(C)C. The zero-order chi connectivity index (χ0) is 40.3. The van der Waals surface area contributed by atoms with E-state index in [1.165, 1.54) is 18.2 Å². The number of carbonyl (C=O) groups excluding carboxylic acids is 3. The standard InChI is InChI=1S/C45H43F2N7O4/c1-25(2)39(52-44(57)58-3)43(56)53-24-45(46,47)22-37(53)42-49-33-19-18-31(20-34(33)50-42)28-12-10-26(11-13-28)27-14-16-29(17-15-27)35-23-48-41(51-35)36-21-32-8-4-6-30-7-5-9-38(55)54(36)40(30)32/h4,6,8,10-20,23,25,36-37,39H,5,7,9,21-22,24H2,1-3H3,(H,48,51)(H,49,50)(H,52,57)/t36-,37-,39-/m0/s1. The predicted octanol–water partition coefficient (Wildman–Crippen LogP) is 8.54. The number of likely N-dealkylation sites (tertiary alicyclic amines) is 1. The van der Waals surface area contributed by atoms with E-state index in [1.54, 1.807) is 13.8 Å². The van der Waals surface area contributed by atoms with E-state index in [0.29, 0.717) is 17.5 Å². The molecule has 11 nitrogen and oxygen atoms in total. The van der Waals surface area contributed by atoms with E-state index < -0.39 is 43.0 Å². The molecule has 1 saturated heterocycles. The van der Waals surface area contributed by atoms with Crippen LogP contribution in [0.3, 0.4) is 0 Å². The number of benzene rings is 4. The summed E-state index contributed by atoms with van der Waals surface area (Å²) in [6, 6.07) is 26.3. The molecule has 0 unspecified atom stereocenters. The van der Waals surface area contributed by atoms with Crippen LogP contribution in [0.4, 0.5) is 19.3 Å².